The van der Waals surface area contributed by atoms with Gasteiger partial charge in [-0.05, 0) is 53.0 Å². The zero-order valence-electron chi connectivity index (χ0n) is 20.3. The second kappa shape index (κ2) is 11.2. The first-order chi connectivity index (χ1) is 16.4. The zero-order valence-corrected chi connectivity index (χ0v) is 21.1. The first-order valence-corrected chi connectivity index (χ1v) is 13.0. The van der Waals surface area contributed by atoms with Crippen molar-refractivity contribution in [2.24, 2.45) is 0 Å². The molecule has 0 aromatic carbocycles. The van der Waals surface area contributed by atoms with Crippen LogP contribution >= 0.6 is 11.3 Å². The summed E-state index contributed by atoms with van der Waals surface area (Å²) >= 11 is 1.40. The number of amides is 1. The highest BCUT2D eigenvalue weighted by molar-refractivity contribution is 7.14. The number of nitrogens with zero attached hydrogens (tertiary/aromatic N) is 6. The second-order valence-corrected chi connectivity index (χ2v) is 10.4. The van der Waals surface area contributed by atoms with Crippen molar-refractivity contribution in [1.82, 2.24) is 30.1 Å². The Morgan fingerprint density at radius 2 is 2.03 bits per heavy atom. The topological polar surface area (TPSA) is 110 Å². The summed E-state index contributed by atoms with van der Waals surface area (Å²) in [5, 5.41) is 17.9. The van der Waals surface area contributed by atoms with E-state index in [0.29, 0.717) is 29.2 Å². The molecule has 0 unspecified atom stereocenters. The number of piperidine rings is 2. The Hall–Kier alpha value is -2.61. The maximum atomic E-state index is 12.7. The lowest BCUT2D eigenvalue weighted by atomic mass is 9.97. The minimum atomic E-state index is -0.119. The van der Waals surface area contributed by atoms with Crippen molar-refractivity contribution in [3.63, 3.8) is 0 Å². The van der Waals surface area contributed by atoms with E-state index in [1.54, 1.807) is 5.38 Å². The molecular formula is C24H34N8OS. The van der Waals surface area contributed by atoms with Crippen LogP contribution in [-0.4, -0.2) is 75.5 Å². The average Bonchev–Trinajstić information content (AvgIpc) is 3.28. The highest BCUT2D eigenvalue weighted by atomic mass is 32.1. The SMILES string of the molecule is Cc1cc(Nc2nc(C(=O)NC3CCN(C(C)C)CC3)cs2)nc([C@@H]2CCCN(CC#N)C2)n1. The van der Waals surface area contributed by atoms with Gasteiger partial charge < -0.3 is 15.5 Å². The van der Waals surface area contributed by atoms with Crippen LogP contribution in [0.4, 0.5) is 10.9 Å². The molecule has 2 aliphatic rings. The summed E-state index contributed by atoms with van der Waals surface area (Å²) in [4.78, 5) is 31.2. The van der Waals surface area contributed by atoms with Crippen LogP contribution in [0.1, 0.15) is 67.5 Å². The molecular weight excluding hydrogens is 448 g/mol. The van der Waals surface area contributed by atoms with E-state index >= 15 is 0 Å². The quantitative estimate of drug-likeness (QED) is 0.579. The molecule has 2 aliphatic heterocycles. The van der Waals surface area contributed by atoms with Gasteiger partial charge in [-0.25, -0.2) is 15.0 Å². The smallest absolute Gasteiger partial charge is 0.271 e. The molecule has 2 aromatic heterocycles. The summed E-state index contributed by atoms with van der Waals surface area (Å²) in [6.07, 6.45) is 3.99. The maximum Gasteiger partial charge on any atom is 0.271 e. The van der Waals surface area contributed by atoms with Gasteiger partial charge in [0.15, 0.2) is 5.13 Å². The van der Waals surface area contributed by atoms with Crippen molar-refractivity contribution < 1.29 is 4.79 Å². The van der Waals surface area contributed by atoms with Crippen molar-refractivity contribution in [2.45, 2.75) is 64.5 Å². The number of hydrogen-bond donors (Lipinski definition) is 2. The first-order valence-electron chi connectivity index (χ1n) is 12.1. The van der Waals surface area contributed by atoms with E-state index in [2.05, 4.69) is 50.3 Å². The van der Waals surface area contributed by atoms with E-state index in [1.807, 2.05) is 13.0 Å². The summed E-state index contributed by atoms with van der Waals surface area (Å²) in [5.74, 6) is 1.57. The van der Waals surface area contributed by atoms with Crippen LogP contribution < -0.4 is 10.6 Å². The zero-order chi connectivity index (χ0) is 24.1. The molecule has 0 saturated carbocycles. The van der Waals surface area contributed by atoms with Crippen molar-refractivity contribution in [1.29, 1.82) is 5.26 Å². The van der Waals surface area contributed by atoms with Crippen LogP contribution in [0.3, 0.4) is 0 Å². The van der Waals surface area contributed by atoms with E-state index in [0.717, 1.165) is 63.4 Å². The van der Waals surface area contributed by atoms with Crippen LogP contribution in [0.25, 0.3) is 0 Å². The Kier molecular flexibility index (Phi) is 8.08. The predicted molar refractivity (Wildman–Crippen MR) is 133 cm³/mol. The van der Waals surface area contributed by atoms with Crippen molar-refractivity contribution >= 4 is 28.2 Å². The molecule has 2 fully saturated rings. The molecule has 0 aliphatic carbocycles. The Bertz CT molecular complexity index is 1020. The number of carbonyl (C=O) groups excluding carboxylic acids is 1. The van der Waals surface area contributed by atoms with Crippen LogP contribution in [0.2, 0.25) is 0 Å². The van der Waals surface area contributed by atoms with Gasteiger partial charge in [0.2, 0.25) is 0 Å². The number of aromatic nitrogens is 3. The number of anilines is 2. The van der Waals surface area contributed by atoms with Gasteiger partial charge in [0.1, 0.15) is 17.3 Å². The molecule has 9 nitrogen and oxygen atoms in total. The molecule has 1 amide bonds. The first kappa shape index (κ1) is 24.5. The van der Waals surface area contributed by atoms with Crippen LogP contribution in [0.5, 0.6) is 0 Å². The molecule has 0 spiro atoms. The molecule has 2 saturated heterocycles. The van der Waals surface area contributed by atoms with Crippen molar-refractivity contribution in [3.8, 4) is 6.07 Å². The summed E-state index contributed by atoms with van der Waals surface area (Å²) in [6.45, 7) is 10.6. The fourth-order valence-corrected chi connectivity index (χ4v) is 5.41. The van der Waals surface area contributed by atoms with E-state index in [4.69, 9.17) is 10.2 Å². The van der Waals surface area contributed by atoms with E-state index < -0.39 is 0 Å². The second-order valence-electron chi connectivity index (χ2n) is 9.53. The Morgan fingerprint density at radius 3 is 2.76 bits per heavy atom. The third-order valence-corrected chi connectivity index (χ3v) is 7.36. The summed E-state index contributed by atoms with van der Waals surface area (Å²) in [7, 11) is 0. The van der Waals surface area contributed by atoms with Gasteiger partial charge in [0, 0.05) is 54.8 Å². The minimum absolute atomic E-state index is 0.119. The predicted octanol–water partition coefficient (Wildman–Crippen LogP) is 3.29. The lowest BCUT2D eigenvalue weighted by Crippen LogP contribution is -2.46. The fraction of sp³-hybridized carbons (Fsp3) is 0.625. The summed E-state index contributed by atoms with van der Waals surface area (Å²) < 4.78 is 0. The fourth-order valence-electron chi connectivity index (χ4n) is 4.71. The molecule has 1 atom stereocenters. The highest BCUT2D eigenvalue weighted by Gasteiger charge is 2.25. The number of aryl methyl sites for hydroxylation is 1. The number of nitrogens with one attached hydrogen (secondary N) is 2. The number of carbonyl (C=O) groups is 1. The number of rotatable bonds is 7. The van der Waals surface area contributed by atoms with Gasteiger partial charge in [-0.1, -0.05) is 0 Å². The third-order valence-electron chi connectivity index (χ3n) is 6.60. The van der Waals surface area contributed by atoms with E-state index in [9.17, 15) is 4.79 Å². The molecule has 0 radical (unpaired) electrons. The largest absolute Gasteiger partial charge is 0.348 e. The Balaban J connectivity index is 1.36. The normalized spacial score (nSPS) is 20.3. The van der Waals surface area contributed by atoms with Gasteiger partial charge in [-0.3, -0.25) is 9.69 Å². The molecule has 10 heteroatoms. The van der Waals surface area contributed by atoms with Gasteiger partial charge in [0.25, 0.3) is 5.91 Å². The van der Waals surface area contributed by atoms with Crippen LogP contribution in [-0.2, 0) is 0 Å². The molecule has 4 heterocycles. The van der Waals surface area contributed by atoms with Gasteiger partial charge in [-0.15, -0.1) is 11.3 Å². The molecule has 4 rings (SSSR count). The lowest BCUT2D eigenvalue weighted by molar-refractivity contribution is 0.0896. The van der Waals surface area contributed by atoms with Crippen LogP contribution in [0, 0.1) is 18.3 Å². The standard InChI is InChI=1S/C24H34N8OS/c1-16(2)32-10-6-19(7-11-32)27-23(33)20-15-34-24(28-20)30-21-13-17(3)26-22(29-21)18-5-4-9-31(14-18)12-8-25/h13,15-16,18-19H,4-7,9-12,14H2,1-3H3,(H,27,33)(H,26,28,29,30)/t18-/m1/s1. The summed E-state index contributed by atoms with van der Waals surface area (Å²) in [6, 6.07) is 4.87. The maximum absolute atomic E-state index is 12.7. The van der Waals surface area contributed by atoms with Gasteiger partial charge in [-0.2, -0.15) is 5.26 Å². The molecule has 34 heavy (non-hydrogen) atoms. The third kappa shape index (κ3) is 6.29. The lowest BCUT2D eigenvalue weighted by Gasteiger charge is -2.34. The number of hydrogen-bond acceptors (Lipinski definition) is 9. The van der Waals surface area contributed by atoms with Crippen molar-refractivity contribution in [3.05, 3.63) is 28.7 Å². The monoisotopic (exact) mass is 482 g/mol. The van der Waals surface area contributed by atoms with Crippen LogP contribution in [0.15, 0.2) is 11.4 Å². The Morgan fingerprint density at radius 1 is 1.24 bits per heavy atom. The average molecular weight is 483 g/mol. The molecule has 2 N–H and O–H groups in total. The minimum Gasteiger partial charge on any atom is -0.348 e. The highest BCUT2D eigenvalue weighted by Crippen LogP contribution is 2.27. The van der Waals surface area contributed by atoms with Crippen molar-refractivity contribution in [2.75, 3.05) is 38.0 Å². The molecule has 182 valence electrons. The number of thiazole rings is 1. The molecule has 0 bridgehead atoms. The molecule has 2 aromatic rings. The van der Waals surface area contributed by atoms with E-state index in [-0.39, 0.29) is 17.9 Å². The Labute approximate surface area is 205 Å². The van der Waals surface area contributed by atoms with E-state index in [1.165, 1.54) is 11.3 Å². The summed E-state index contributed by atoms with van der Waals surface area (Å²) in [5.41, 5.74) is 1.32. The number of nitriles is 1. The van der Waals surface area contributed by atoms with Gasteiger partial charge >= 0.3 is 0 Å². The number of likely N-dealkylation sites (tertiary alicyclic amines) is 2. The van der Waals surface area contributed by atoms with Gasteiger partial charge in [0.05, 0.1) is 12.6 Å².